The first-order valence-corrected chi connectivity index (χ1v) is 8.02. The fraction of sp³-hybridized carbons (Fsp3) is 1.00. The predicted molar refractivity (Wildman–Crippen MR) is 73.2 cm³/mol. The van der Waals surface area contributed by atoms with Crippen LogP contribution < -0.4 is 5.32 Å². The zero-order valence-corrected chi connectivity index (χ0v) is 11.6. The van der Waals surface area contributed by atoms with E-state index in [1.807, 2.05) is 0 Å². The average molecular weight is 242 g/mol. The van der Waals surface area contributed by atoms with Crippen LogP contribution in [0.2, 0.25) is 0 Å². The van der Waals surface area contributed by atoms with Gasteiger partial charge in [0, 0.05) is 37.5 Å². The molecule has 0 aliphatic carbocycles. The summed E-state index contributed by atoms with van der Waals surface area (Å²) in [5, 5.41) is 3.69. The molecule has 3 unspecified atom stereocenters. The molecule has 3 atom stereocenters. The molecule has 0 amide bonds. The van der Waals surface area contributed by atoms with Gasteiger partial charge >= 0.3 is 0 Å². The first-order valence-electron chi connectivity index (χ1n) is 6.86. The maximum absolute atomic E-state index is 3.69. The van der Waals surface area contributed by atoms with Crippen LogP contribution in [0.1, 0.15) is 33.1 Å². The molecule has 94 valence electrons. The van der Waals surface area contributed by atoms with Crippen LogP contribution in [0, 0.1) is 5.92 Å². The zero-order chi connectivity index (χ0) is 11.4. The van der Waals surface area contributed by atoms with E-state index in [0.29, 0.717) is 0 Å². The summed E-state index contributed by atoms with van der Waals surface area (Å²) in [6, 6.07) is 1.60. The van der Waals surface area contributed by atoms with Gasteiger partial charge in [-0.25, -0.2) is 0 Å². The molecule has 16 heavy (non-hydrogen) atoms. The van der Waals surface area contributed by atoms with Crippen molar-refractivity contribution in [3.63, 3.8) is 0 Å². The minimum Gasteiger partial charge on any atom is -0.311 e. The van der Waals surface area contributed by atoms with Crippen molar-refractivity contribution in [1.82, 2.24) is 10.2 Å². The van der Waals surface area contributed by atoms with Crippen molar-refractivity contribution < 1.29 is 0 Å². The van der Waals surface area contributed by atoms with Crippen LogP contribution in [0.3, 0.4) is 0 Å². The molecule has 0 spiro atoms. The molecule has 1 N–H and O–H groups in total. The molecule has 0 aromatic rings. The summed E-state index contributed by atoms with van der Waals surface area (Å²) in [7, 11) is 0. The summed E-state index contributed by atoms with van der Waals surface area (Å²) in [4.78, 5) is 2.75. The third kappa shape index (κ3) is 3.14. The second-order valence-electron chi connectivity index (χ2n) is 5.31. The van der Waals surface area contributed by atoms with E-state index < -0.39 is 0 Å². The summed E-state index contributed by atoms with van der Waals surface area (Å²) in [6.07, 6.45) is 4.15. The van der Waals surface area contributed by atoms with E-state index in [1.54, 1.807) is 0 Å². The maximum Gasteiger partial charge on any atom is 0.0221 e. The molecule has 3 heteroatoms. The highest BCUT2D eigenvalue weighted by Crippen LogP contribution is 2.23. The number of rotatable bonds is 3. The van der Waals surface area contributed by atoms with E-state index >= 15 is 0 Å². The minimum absolute atomic E-state index is 0.727. The highest BCUT2D eigenvalue weighted by molar-refractivity contribution is 7.99. The number of hydrogen-bond acceptors (Lipinski definition) is 3. The molecule has 0 aromatic carbocycles. The Morgan fingerprint density at radius 1 is 1.50 bits per heavy atom. The summed E-state index contributed by atoms with van der Waals surface area (Å²) in [6.45, 7) is 8.42. The van der Waals surface area contributed by atoms with Gasteiger partial charge < -0.3 is 5.32 Å². The number of nitrogens with zero attached hydrogens (tertiary/aromatic N) is 1. The van der Waals surface area contributed by atoms with Crippen LogP contribution in [0.5, 0.6) is 0 Å². The Morgan fingerprint density at radius 3 is 3.06 bits per heavy atom. The SMILES string of the molecule is CCC(C)C1CN(C2CCCSC2)CCN1. The monoisotopic (exact) mass is 242 g/mol. The Morgan fingerprint density at radius 2 is 2.38 bits per heavy atom. The van der Waals surface area contributed by atoms with Gasteiger partial charge in [-0.15, -0.1) is 0 Å². The molecule has 0 aromatic heterocycles. The lowest BCUT2D eigenvalue weighted by Gasteiger charge is -2.42. The Bertz CT molecular complexity index is 204. The van der Waals surface area contributed by atoms with Crippen LogP contribution in [0.25, 0.3) is 0 Å². The quantitative estimate of drug-likeness (QED) is 0.817. The Balaban J connectivity index is 1.85. The van der Waals surface area contributed by atoms with Crippen LogP contribution in [0.4, 0.5) is 0 Å². The lowest BCUT2D eigenvalue weighted by molar-refractivity contribution is 0.125. The lowest BCUT2D eigenvalue weighted by atomic mass is 9.96. The van der Waals surface area contributed by atoms with E-state index in [1.165, 1.54) is 50.4 Å². The maximum atomic E-state index is 3.69. The van der Waals surface area contributed by atoms with Crippen molar-refractivity contribution in [2.24, 2.45) is 5.92 Å². The number of thioether (sulfide) groups is 1. The van der Waals surface area contributed by atoms with E-state index in [2.05, 4.69) is 35.8 Å². The third-order valence-corrected chi connectivity index (χ3v) is 5.42. The summed E-state index contributed by atoms with van der Waals surface area (Å²) < 4.78 is 0. The topological polar surface area (TPSA) is 15.3 Å². The molecule has 2 aliphatic heterocycles. The van der Waals surface area contributed by atoms with Gasteiger partial charge in [-0.05, 0) is 24.5 Å². The fourth-order valence-electron chi connectivity index (χ4n) is 2.81. The standard InChI is InChI=1S/C13H26N2S/c1-3-11(2)13-9-15(7-6-14-13)12-5-4-8-16-10-12/h11-14H,3-10H2,1-2H3. The molecule has 0 bridgehead atoms. The number of hydrogen-bond donors (Lipinski definition) is 1. The van der Waals surface area contributed by atoms with Crippen molar-refractivity contribution in [2.75, 3.05) is 31.1 Å². The van der Waals surface area contributed by atoms with Gasteiger partial charge in [-0.2, -0.15) is 11.8 Å². The van der Waals surface area contributed by atoms with E-state index in [4.69, 9.17) is 0 Å². The molecular formula is C13H26N2S. The van der Waals surface area contributed by atoms with Gasteiger partial charge in [0.15, 0.2) is 0 Å². The first kappa shape index (κ1) is 12.7. The van der Waals surface area contributed by atoms with Crippen LogP contribution in [-0.4, -0.2) is 48.1 Å². The Hall–Kier alpha value is 0.270. The van der Waals surface area contributed by atoms with Crippen LogP contribution in [0.15, 0.2) is 0 Å². The second-order valence-corrected chi connectivity index (χ2v) is 6.46. The minimum atomic E-state index is 0.727. The lowest BCUT2D eigenvalue weighted by Crippen LogP contribution is -2.56. The Kier molecular flexibility index (Phi) is 4.98. The van der Waals surface area contributed by atoms with E-state index in [-0.39, 0.29) is 0 Å². The van der Waals surface area contributed by atoms with Crippen LogP contribution >= 0.6 is 11.8 Å². The molecular weight excluding hydrogens is 216 g/mol. The smallest absolute Gasteiger partial charge is 0.0221 e. The predicted octanol–water partition coefficient (Wildman–Crippen LogP) is 2.20. The van der Waals surface area contributed by atoms with Gasteiger partial charge in [0.2, 0.25) is 0 Å². The third-order valence-electron chi connectivity index (χ3n) is 4.22. The van der Waals surface area contributed by atoms with Gasteiger partial charge in [0.1, 0.15) is 0 Å². The van der Waals surface area contributed by atoms with Crippen molar-refractivity contribution in [2.45, 2.75) is 45.2 Å². The molecule has 2 nitrogen and oxygen atoms in total. The number of piperazine rings is 1. The Labute approximate surface area is 105 Å². The zero-order valence-electron chi connectivity index (χ0n) is 10.7. The van der Waals surface area contributed by atoms with Gasteiger partial charge in [-0.1, -0.05) is 20.3 Å². The van der Waals surface area contributed by atoms with Crippen molar-refractivity contribution >= 4 is 11.8 Å². The van der Waals surface area contributed by atoms with Crippen molar-refractivity contribution in [3.8, 4) is 0 Å². The normalized spacial score (nSPS) is 34.9. The summed E-state index contributed by atoms with van der Waals surface area (Å²) in [5.74, 6) is 3.57. The van der Waals surface area contributed by atoms with E-state index in [9.17, 15) is 0 Å². The first-order chi connectivity index (χ1) is 7.81. The second kappa shape index (κ2) is 6.27. The molecule has 2 fully saturated rings. The highest BCUT2D eigenvalue weighted by Gasteiger charge is 2.28. The molecule has 2 rings (SSSR count). The molecule has 2 saturated heterocycles. The number of nitrogens with one attached hydrogen (secondary N) is 1. The molecule has 0 saturated carbocycles. The molecule has 2 aliphatic rings. The van der Waals surface area contributed by atoms with Crippen molar-refractivity contribution in [1.29, 1.82) is 0 Å². The van der Waals surface area contributed by atoms with E-state index in [0.717, 1.165) is 18.0 Å². The highest BCUT2D eigenvalue weighted by atomic mass is 32.2. The summed E-state index contributed by atoms with van der Waals surface area (Å²) in [5.41, 5.74) is 0. The average Bonchev–Trinajstić information content (AvgIpc) is 2.39. The van der Waals surface area contributed by atoms with Gasteiger partial charge in [0.25, 0.3) is 0 Å². The summed E-state index contributed by atoms with van der Waals surface area (Å²) >= 11 is 2.15. The van der Waals surface area contributed by atoms with Crippen LogP contribution in [-0.2, 0) is 0 Å². The molecule has 2 heterocycles. The van der Waals surface area contributed by atoms with Crippen molar-refractivity contribution in [3.05, 3.63) is 0 Å². The molecule has 0 radical (unpaired) electrons. The largest absolute Gasteiger partial charge is 0.311 e. The van der Waals surface area contributed by atoms with Gasteiger partial charge in [-0.3, -0.25) is 4.90 Å². The fourth-order valence-corrected chi connectivity index (χ4v) is 4.00. The van der Waals surface area contributed by atoms with Gasteiger partial charge in [0.05, 0.1) is 0 Å².